The van der Waals surface area contributed by atoms with E-state index in [0.29, 0.717) is 32.9 Å². The van der Waals surface area contributed by atoms with E-state index in [1.54, 1.807) is 0 Å². The highest BCUT2D eigenvalue weighted by Crippen LogP contribution is 2.42. The predicted molar refractivity (Wildman–Crippen MR) is 163 cm³/mol. The zero-order valence-electron chi connectivity index (χ0n) is 19.7. The molecule has 2 heterocycles. The van der Waals surface area contributed by atoms with Crippen LogP contribution in [0.15, 0.2) is 71.5 Å². The molecule has 2 aromatic carbocycles. The molecule has 0 N–H and O–H groups in total. The molecule has 192 valence electrons. The van der Waals surface area contributed by atoms with Gasteiger partial charge in [0.25, 0.3) is 0 Å². The Kier molecular flexibility index (Phi) is 11.3. The molecule has 4 rings (SSSR count). The summed E-state index contributed by atoms with van der Waals surface area (Å²) in [6, 6.07) is 13.4. The first-order valence-electron chi connectivity index (χ1n) is 11.4. The van der Waals surface area contributed by atoms with Crippen LogP contribution in [-0.2, 0) is 19.1 Å². The first-order valence-corrected chi connectivity index (χ1v) is 17.4. The Labute approximate surface area is 238 Å². The third kappa shape index (κ3) is 8.63. The van der Waals surface area contributed by atoms with Gasteiger partial charge in [-0.3, -0.25) is 0 Å². The van der Waals surface area contributed by atoms with Crippen LogP contribution in [0.2, 0.25) is 0 Å². The molecule has 2 saturated heterocycles. The third-order valence-corrected chi connectivity index (χ3v) is 14.8. The molecule has 36 heavy (non-hydrogen) atoms. The number of carbonyl (C=O) groups excluding carboxylic acids is 2. The Balaban J connectivity index is 1.23. The molecular formula is C26H28O4S6. The van der Waals surface area contributed by atoms with E-state index in [4.69, 9.17) is 9.47 Å². The molecule has 0 radical (unpaired) electrons. The highest BCUT2D eigenvalue weighted by atomic mass is 32.2. The number of thioether (sulfide) groups is 6. The van der Waals surface area contributed by atoms with Crippen LogP contribution >= 0.6 is 70.6 Å². The minimum Gasteiger partial charge on any atom is -0.461 e. The van der Waals surface area contributed by atoms with E-state index >= 15 is 0 Å². The van der Waals surface area contributed by atoms with Crippen molar-refractivity contribution in [2.75, 3.05) is 36.2 Å². The SMILES string of the molecule is C=CC(=O)OCC1CSC(CSc2ccc3ccc(SCC4SCC(COC(=O)C=C)S4)cc3c2)S1. The highest BCUT2D eigenvalue weighted by Gasteiger charge is 2.28. The van der Waals surface area contributed by atoms with Gasteiger partial charge < -0.3 is 9.47 Å². The third-order valence-electron chi connectivity index (χ3n) is 5.34. The van der Waals surface area contributed by atoms with E-state index in [1.807, 2.05) is 70.6 Å². The van der Waals surface area contributed by atoms with Crippen LogP contribution in [-0.4, -0.2) is 67.8 Å². The number of carbonyl (C=O) groups is 2. The molecule has 0 saturated carbocycles. The summed E-state index contributed by atoms with van der Waals surface area (Å²) in [6.45, 7) is 7.81. The molecule has 2 aliphatic heterocycles. The van der Waals surface area contributed by atoms with E-state index in [2.05, 4.69) is 49.6 Å². The summed E-state index contributed by atoms with van der Waals surface area (Å²) >= 11 is 11.5. The van der Waals surface area contributed by atoms with Gasteiger partial charge in [0.05, 0.1) is 9.16 Å². The number of rotatable bonds is 12. The molecule has 2 fully saturated rings. The molecule has 2 aliphatic rings. The standard InChI is InChI=1S/C26H28O4S6/c1-3-23(27)29-11-21-13-33-25(35-21)15-31-19-7-5-17-6-8-20(10-18(17)9-19)32-16-26-34-14-22(36-26)12-30-24(28)4-2/h3-10,21-22,25-26H,1-2,11-16H2. The van der Waals surface area contributed by atoms with Gasteiger partial charge in [0.15, 0.2) is 0 Å². The Morgan fingerprint density at radius 2 is 1.28 bits per heavy atom. The Morgan fingerprint density at radius 1 is 0.806 bits per heavy atom. The lowest BCUT2D eigenvalue weighted by atomic mass is 10.1. The fraction of sp³-hybridized carbons (Fsp3) is 0.385. The van der Waals surface area contributed by atoms with Gasteiger partial charge in [0, 0.05) is 55.5 Å². The van der Waals surface area contributed by atoms with Gasteiger partial charge in [-0.1, -0.05) is 25.3 Å². The smallest absolute Gasteiger partial charge is 0.330 e. The Bertz CT molecular complexity index is 1010. The average Bonchev–Trinajstić information content (AvgIpc) is 3.57. The number of fused-ring (bicyclic) bond motifs is 1. The summed E-state index contributed by atoms with van der Waals surface area (Å²) in [5.41, 5.74) is 0. The van der Waals surface area contributed by atoms with Crippen LogP contribution in [0.1, 0.15) is 0 Å². The lowest BCUT2D eigenvalue weighted by Crippen LogP contribution is -2.14. The van der Waals surface area contributed by atoms with Crippen LogP contribution < -0.4 is 0 Å². The van der Waals surface area contributed by atoms with Crippen molar-refractivity contribution in [2.24, 2.45) is 0 Å². The van der Waals surface area contributed by atoms with E-state index < -0.39 is 0 Å². The second kappa shape index (κ2) is 14.4. The number of hydrogen-bond acceptors (Lipinski definition) is 10. The van der Waals surface area contributed by atoms with Crippen LogP contribution in [0, 0.1) is 0 Å². The molecule has 10 heteroatoms. The van der Waals surface area contributed by atoms with Gasteiger partial charge in [0.2, 0.25) is 0 Å². The van der Waals surface area contributed by atoms with Crippen molar-refractivity contribution >= 4 is 93.3 Å². The summed E-state index contributed by atoms with van der Waals surface area (Å²) in [6.07, 6.45) is 2.44. The van der Waals surface area contributed by atoms with E-state index in [0.717, 1.165) is 23.0 Å². The summed E-state index contributed by atoms with van der Waals surface area (Å²) in [5, 5.41) is 3.24. The van der Waals surface area contributed by atoms with Gasteiger partial charge in [-0.15, -0.1) is 70.6 Å². The largest absolute Gasteiger partial charge is 0.461 e. The lowest BCUT2D eigenvalue weighted by molar-refractivity contribution is -0.138. The fourth-order valence-corrected chi connectivity index (χ4v) is 12.5. The minimum absolute atomic E-state index is 0.344. The fourth-order valence-electron chi connectivity index (χ4n) is 3.54. The van der Waals surface area contributed by atoms with E-state index in [9.17, 15) is 9.59 Å². The maximum absolute atomic E-state index is 11.3. The van der Waals surface area contributed by atoms with Crippen molar-refractivity contribution in [3.63, 3.8) is 0 Å². The summed E-state index contributed by atoms with van der Waals surface area (Å²) < 4.78 is 11.4. The highest BCUT2D eigenvalue weighted by molar-refractivity contribution is 8.22. The molecule has 4 atom stereocenters. The average molecular weight is 597 g/mol. The summed E-state index contributed by atoms with van der Waals surface area (Å²) in [7, 11) is 0. The molecule has 2 aromatic rings. The van der Waals surface area contributed by atoms with Crippen molar-refractivity contribution in [3.05, 3.63) is 61.7 Å². The number of benzene rings is 2. The molecule has 0 aliphatic carbocycles. The number of hydrogen-bond donors (Lipinski definition) is 0. The zero-order chi connectivity index (χ0) is 25.3. The van der Waals surface area contributed by atoms with Crippen LogP contribution in [0.3, 0.4) is 0 Å². The van der Waals surface area contributed by atoms with Crippen molar-refractivity contribution in [3.8, 4) is 0 Å². The predicted octanol–water partition coefficient (Wildman–Crippen LogP) is 6.83. The molecule has 0 bridgehead atoms. The zero-order valence-corrected chi connectivity index (χ0v) is 24.6. The van der Waals surface area contributed by atoms with Crippen LogP contribution in [0.5, 0.6) is 0 Å². The van der Waals surface area contributed by atoms with Gasteiger partial charge in [-0.05, 0) is 35.0 Å². The monoisotopic (exact) mass is 596 g/mol. The van der Waals surface area contributed by atoms with Gasteiger partial charge >= 0.3 is 11.9 Å². The van der Waals surface area contributed by atoms with Crippen molar-refractivity contribution < 1.29 is 19.1 Å². The minimum atomic E-state index is -0.344. The Morgan fingerprint density at radius 3 is 1.72 bits per heavy atom. The van der Waals surface area contributed by atoms with Gasteiger partial charge in [-0.2, -0.15) is 0 Å². The molecule has 0 amide bonds. The maximum atomic E-state index is 11.3. The van der Waals surface area contributed by atoms with Crippen molar-refractivity contribution in [1.29, 1.82) is 0 Å². The van der Waals surface area contributed by atoms with E-state index in [1.165, 1.54) is 32.7 Å². The first-order chi connectivity index (χ1) is 17.5. The maximum Gasteiger partial charge on any atom is 0.330 e. The number of esters is 2. The topological polar surface area (TPSA) is 52.6 Å². The molecule has 0 aromatic heterocycles. The summed E-state index contributed by atoms with van der Waals surface area (Å²) in [5.74, 6) is 3.39. The Hall–Kier alpha value is -0.780. The lowest BCUT2D eigenvalue weighted by Gasteiger charge is -2.12. The second-order valence-corrected chi connectivity index (χ2v) is 16.3. The van der Waals surface area contributed by atoms with Gasteiger partial charge in [0.1, 0.15) is 13.2 Å². The van der Waals surface area contributed by atoms with E-state index in [-0.39, 0.29) is 11.9 Å². The second-order valence-electron chi connectivity index (χ2n) is 8.00. The van der Waals surface area contributed by atoms with Crippen LogP contribution in [0.25, 0.3) is 10.8 Å². The summed E-state index contributed by atoms with van der Waals surface area (Å²) in [4.78, 5) is 25.1. The quantitative estimate of drug-likeness (QED) is 0.148. The molecule has 0 spiro atoms. The molecule has 4 unspecified atom stereocenters. The number of ether oxygens (including phenoxy) is 2. The van der Waals surface area contributed by atoms with Gasteiger partial charge in [-0.25, -0.2) is 9.59 Å². The van der Waals surface area contributed by atoms with Crippen LogP contribution in [0.4, 0.5) is 0 Å². The van der Waals surface area contributed by atoms with Crippen molar-refractivity contribution in [1.82, 2.24) is 0 Å². The molecular weight excluding hydrogens is 569 g/mol. The molecule has 4 nitrogen and oxygen atoms in total. The van der Waals surface area contributed by atoms with Crippen molar-refractivity contribution in [2.45, 2.75) is 29.5 Å². The normalized spacial score (nSPS) is 23.4. The first kappa shape index (κ1) is 28.2.